The molecule has 1 aromatic carbocycles. The summed E-state index contributed by atoms with van der Waals surface area (Å²) in [6, 6.07) is 10.8. The van der Waals surface area contributed by atoms with Gasteiger partial charge in [-0.15, -0.1) is 11.3 Å². The third-order valence-electron chi connectivity index (χ3n) is 3.29. The fraction of sp³-hybridized carbons (Fsp3) is 0.412. The maximum absolute atomic E-state index is 3.58. The minimum Gasteiger partial charge on any atom is -0.369 e. The summed E-state index contributed by atoms with van der Waals surface area (Å²) in [5, 5.41) is 5.67. The van der Waals surface area contributed by atoms with Crippen LogP contribution in [0.1, 0.15) is 24.3 Å². The third-order valence-corrected chi connectivity index (χ3v) is 4.65. The molecule has 0 aliphatic rings. The fourth-order valence-electron chi connectivity index (χ4n) is 2.29. The van der Waals surface area contributed by atoms with Gasteiger partial charge in [0, 0.05) is 28.6 Å². The Morgan fingerprint density at radius 1 is 1.29 bits per heavy atom. The average molecular weight is 367 g/mol. The van der Waals surface area contributed by atoms with Crippen molar-refractivity contribution in [3.8, 4) is 0 Å². The minimum atomic E-state index is 0.671. The largest absolute Gasteiger partial charge is 0.369 e. The van der Waals surface area contributed by atoms with E-state index in [9.17, 15) is 0 Å². The van der Waals surface area contributed by atoms with Gasteiger partial charge in [0.15, 0.2) is 0 Å². The van der Waals surface area contributed by atoms with Crippen molar-refractivity contribution in [1.82, 2.24) is 5.32 Å². The van der Waals surface area contributed by atoms with Crippen LogP contribution in [0.4, 0.5) is 5.69 Å². The second-order valence-corrected chi connectivity index (χ2v) is 7.68. The lowest BCUT2D eigenvalue weighted by Gasteiger charge is -2.23. The van der Waals surface area contributed by atoms with Crippen LogP contribution >= 0.6 is 27.3 Å². The van der Waals surface area contributed by atoms with E-state index in [1.165, 1.54) is 16.1 Å². The molecule has 2 nitrogen and oxygen atoms in total. The van der Waals surface area contributed by atoms with Crippen LogP contribution in [0, 0.1) is 5.92 Å². The summed E-state index contributed by atoms with van der Waals surface area (Å²) >= 11 is 5.39. The highest BCUT2D eigenvalue weighted by Gasteiger charge is 2.09. The molecule has 21 heavy (non-hydrogen) atoms. The van der Waals surface area contributed by atoms with Crippen LogP contribution in [0.5, 0.6) is 0 Å². The first kappa shape index (κ1) is 16.5. The Hall–Kier alpha value is -0.840. The van der Waals surface area contributed by atoms with E-state index >= 15 is 0 Å². The molecular formula is C17H23BrN2S. The number of hydrogen-bond acceptors (Lipinski definition) is 3. The lowest BCUT2D eigenvalue weighted by molar-refractivity contribution is 0.552. The first-order valence-corrected chi connectivity index (χ1v) is 8.96. The van der Waals surface area contributed by atoms with Crippen molar-refractivity contribution in [2.24, 2.45) is 5.92 Å². The zero-order chi connectivity index (χ0) is 15.2. The van der Waals surface area contributed by atoms with E-state index in [0.29, 0.717) is 5.92 Å². The van der Waals surface area contributed by atoms with E-state index in [-0.39, 0.29) is 0 Å². The van der Waals surface area contributed by atoms with Crippen molar-refractivity contribution < 1.29 is 0 Å². The normalized spacial score (nSPS) is 11.1. The highest BCUT2D eigenvalue weighted by molar-refractivity contribution is 9.10. The Labute approximate surface area is 140 Å². The second kappa shape index (κ2) is 7.97. The number of nitrogens with one attached hydrogen (secondary N) is 1. The highest BCUT2D eigenvalue weighted by Crippen LogP contribution is 2.26. The Morgan fingerprint density at radius 3 is 2.76 bits per heavy atom. The number of nitrogens with zero attached hydrogens (tertiary/aromatic N) is 1. The molecule has 114 valence electrons. The van der Waals surface area contributed by atoms with E-state index < -0.39 is 0 Å². The first-order valence-electron chi connectivity index (χ1n) is 7.29. The van der Waals surface area contributed by atoms with Crippen molar-refractivity contribution in [2.45, 2.75) is 26.9 Å². The van der Waals surface area contributed by atoms with Gasteiger partial charge in [0.1, 0.15) is 0 Å². The van der Waals surface area contributed by atoms with Gasteiger partial charge >= 0.3 is 0 Å². The topological polar surface area (TPSA) is 15.3 Å². The van der Waals surface area contributed by atoms with Crippen molar-refractivity contribution in [1.29, 1.82) is 0 Å². The van der Waals surface area contributed by atoms with Gasteiger partial charge in [0.05, 0.1) is 6.54 Å². The molecule has 0 saturated carbocycles. The summed E-state index contributed by atoms with van der Waals surface area (Å²) in [7, 11) is 2.16. The molecule has 4 heteroatoms. The van der Waals surface area contributed by atoms with Crippen molar-refractivity contribution in [3.63, 3.8) is 0 Å². The SMILES string of the molecule is CC(C)CNCc1cc(Br)ccc1N(C)Cc1cccs1. The molecule has 0 aliphatic heterocycles. The van der Waals surface area contributed by atoms with E-state index in [2.05, 4.69) is 82.8 Å². The standard InChI is InChI=1S/C17H23BrN2S/c1-13(2)10-19-11-14-9-15(18)6-7-17(14)20(3)12-16-5-4-8-21-16/h4-9,13,19H,10-12H2,1-3H3. The molecule has 0 fully saturated rings. The van der Waals surface area contributed by atoms with Crippen LogP contribution in [0.15, 0.2) is 40.2 Å². The molecule has 0 amide bonds. The quantitative estimate of drug-likeness (QED) is 0.749. The highest BCUT2D eigenvalue weighted by atomic mass is 79.9. The first-order chi connectivity index (χ1) is 10.1. The van der Waals surface area contributed by atoms with E-state index in [0.717, 1.165) is 24.1 Å². The monoisotopic (exact) mass is 366 g/mol. The molecule has 1 aromatic heterocycles. The number of halogens is 1. The molecule has 0 bridgehead atoms. The van der Waals surface area contributed by atoms with Gasteiger partial charge in [0.2, 0.25) is 0 Å². The molecule has 0 unspecified atom stereocenters. The second-order valence-electron chi connectivity index (χ2n) is 5.73. The van der Waals surface area contributed by atoms with E-state index in [1.807, 2.05) is 11.3 Å². The Balaban J connectivity index is 2.09. The minimum absolute atomic E-state index is 0.671. The smallest absolute Gasteiger partial charge is 0.0519 e. The summed E-state index contributed by atoms with van der Waals surface area (Å²) in [5.74, 6) is 0.671. The van der Waals surface area contributed by atoms with E-state index in [4.69, 9.17) is 0 Å². The van der Waals surface area contributed by atoms with Crippen molar-refractivity contribution in [2.75, 3.05) is 18.5 Å². The summed E-state index contributed by atoms with van der Waals surface area (Å²) in [5.41, 5.74) is 2.63. The van der Waals surface area contributed by atoms with Gasteiger partial charge in [-0.25, -0.2) is 0 Å². The molecule has 1 heterocycles. The van der Waals surface area contributed by atoms with Crippen LogP contribution in [0.2, 0.25) is 0 Å². The molecule has 0 saturated heterocycles. The van der Waals surface area contributed by atoms with Crippen molar-refractivity contribution in [3.05, 3.63) is 50.6 Å². The molecule has 0 aliphatic carbocycles. The Kier molecular flexibility index (Phi) is 6.27. The lowest BCUT2D eigenvalue weighted by Crippen LogP contribution is -2.22. The lowest BCUT2D eigenvalue weighted by atomic mass is 10.1. The average Bonchev–Trinajstić information content (AvgIpc) is 2.91. The van der Waals surface area contributed by atoms with Gasteiger partial charge < -0.3 is 10.2 Å². The zero-order valence-electron chi connectivity index (χ0n) is 12.9. The molecular weight excluding hydrogens is 344 g/mol. The molecule has 0 spiro atoms. The van der Waals surface area contributed by atoms with Crippen molar-refractivity contribution >= 4 is 33.0 Å². The maximum Gasteiger partial charge on any atom is 0.0519 e. The maximum atomic E-state index is 3.58. The van der Waals surface area contributed by atoms with Crippen LogP contribution < -0.4 is 10.2 Å². The van der Waals surface area contributed by atoms with Crippen LogP contribution in [-0.4, -0.2) is 13.6 Å². The number of anilines is 1. The fourth-order valence-corrected chi connectivity index (χ4v) is 3.45. The third kappa shape index (κ3) is 5.13. The molecule has 1 N–H and O–H groups in total. The van der Waals surface area contributed by atoms with Gasteiger partial charge in [-0.3, -0.25) is 0 Å². The summed E-state index contributed by atoms with van der Waals surface area (Å²) in [6.07, 6.45) is 0. The summed E-state index contributed by atoms with van der Waals surface area (Å²) in [4.78, 5) is 3.71. The van der Waals surface area contributed by atoms with Crippen LogP contribution in [0.25, 0.3) is 0 Å². The predicted molar refractivity (Wildman–Crippen MR) is 97.1 cm³/mol. The number of rotatable bonds is 7. The Morgan fingerprint density at radius 2 is 2.10 bits per heavy atom. The molecule has 2 rings (SSSR count). The number of hydrogen-bond donors (Lipinski definition) is 1. The van der Waals surface area contributed by atoms with Gasteiger partial charge in [0.25, 0.3) is 0 Å². The summed E-state index contributed by atoms with van der Waals surface area (Å²) < 4.78 is 1.14. The number of benzene rings is 1. The zero-order valence-corrected chi connectivity index (χ0v) is 15.3. The molecule has 2 aromatic rings. The van der Waals surface area contributed by atoms with Gasteiger partial charge in [-0.05, 0) is 47.7 Å². The van der Waals surface area contributed by atoms with E-state index in [1.54, 1.807) is 0 Å². The molecule has 0 radical (unpaired) electrons. The molecule has 0 atom stereocenters. The van der Waals surface area contributed by atoms with Gasteiger partial charge in [-0.1, -0.05) is 35.8 Å². The van der Waals surface area contributed by atoms with Crippen LogP contribution in [0.3, 0.4) is 0 Å². The van der Waals surface area contributed by atoms with Crippen LogP contribution in [-0.2, 0) is 13.1 Å². The summed E-state index contributed by atoms with van der Waals surface area (Å²) in [6.45, 7) is 7.37. The predicted octanol–water partition coefficient (Wildman–Crippen LogP) is 4.89. The number of thiophene rings is 1. The Bertz CT molecular complexity index is 552. The van der Waals surface area contributed by atoms with Gasteiger partial charge in [-0.2, -0.15) is 0 Å².